The van der Waals surface area contributed by atoms with Crippen molar-refractivity contribution in [2.24, 2.45) is 5.92 Å². The Hall–Kier alpha value is -2.54. The molecule has 1 atom stereocenters. The third-order valence-corrected chi connectivity index (χ3v) is 6.06. The molecule has 27 heavy (non-hydrogen) atoms. The van der Waals surface area contributed by atoms with E-state index in [1.54, 1.807) is 48.4 Å². The first kappa shape index (κ1) is 19.2. The molecule has 144 valence electrons. The Bertz CT molecular complexity index is 910. The van der Waals surface area contributed by atoms with Crippen LogP contribution in [0, 0.1) is 5.92 Å². The van der Waals surface area contributed by atoms with Crippen molar-refractivity contribution in [1.29, 1.82) is 0 Å². The first-order chi connectivity index (χ1) is 12.9. The van der Waals surface area contributed by atoms with Crippen LogP contribution in [0.1, 0.15) is 30.1 Å². The molecular weight excluding hydrogens is 364 g/mol. The Morgan fingerprint density at radius 1 is 1.19 bits per heavy atom. The maximum absolute atomic E-state index is 12.8. The molecule has 0 bridgehead atoms. The molecule has 7 heteroatoms. The van der Waals surface area contributed by atoms with Gasteiger partial charge in [0.25, 0.3) is 15.9 Å². The van der Waals surface area contributed by atoms with Crippen LogP contribution in [-0.4, -0.2) is 39.4 Å². The molecular formula is C20H24N2O4S. The lowest BCUT2D eigenvalue weighted by Gasteiger charge is -2.31. The van der Waals surface area contributed by atoms with Crippen LogP contribution in [-0.2, 0) is 10.0 Å². The normalized spacial score (nSPS) is 17.4. The van der Waals surface area contributed by atoms with Crippen molar-refractivity contribution in [1.82, 2.24) is 4.90 Å². The molecule has 2 aromatic carbocycles. The van der Waals surface area contributed by atoms with Gasteiger partial charge in [-0.25, -0.2) is 8.42 Å². The van der Waals surface area contributed by atoms with Gasteiger partial charge < -0.3 is 9.64 Å². The van der Waals surface area contributed by atoms with E-state index >= 15 is 0 Å². The van der Waals surface area contributed by atoms with Crippen LogP contribution in [0.4, 0.5) is 5.69 Å². The topological polar surface area (TPSA) is 75.7 Å². The number of piperidine rings is 1. The summed E-state index contributed by atoms with van der Waals surface area (Å²) in [5, 5.41) is 0. The molecule has 1 heterocycles. The van der Waals surface area contributed by atoms with E-state index in [9.17, 15) is 13.2 Å². The van der Waals surface area contributed by atoms with Crippen molar-refractivity contribution < 1.29 is 17.9 Å². The fourth-order valence-corrected chi connectivity index (χ4v) is 4.33. The quantitative estimate of drug-likeness (QED) is 0.852. The first-order valence-electron chi connectivity index (χ1n) is 8.95. The fourth-order valence-electron chi connectivity index (χ4n) is 3.23. The number of carbonyl (C=O) groups excluding carboxylic acids is 1. The van der Waals surface area contributed by atoms with Gasteiger partial charge in [0, 0.05) is 24.3 Å². The average molecular weight is 388 g/mol. The van der Waals surface area contributed by atoms with Crippen molar-refractivity contribution in [3.63, 3.8) is 0 Å². The van der Waals surface area contributed by atoms with Crippen molar-refractivity contribution in [3.8, 4) is 5.75 Å². The third kappa shape index (κ3) is 4.60. The van der Waals surface area contributed by atoms with E-state index in [-0.39, 0.29) is 10.8 Å². The van der Waals surface area contributed by atoms with Crippen LogP contribution in [0.15, 0.2) is 53.4 Å². The van der Waals surface area contributed by atoms with E-state index in [0.717, 1.165) is 12.8 Å². The van der Waals surface area contributed by atoms with Gasteiger partial charge in [-0.15, -0.1) is 0 Å². The molecule has 1 aliphatic rings. The van der Waals surface area contributed by atoms with Crippen LogP contribution >= 0.6 is 0 Å². The van der Waals surface area contributed by atoms with Gasteiger partial charge in [-0.2, -0.15) is 0 Å². The molecule has 1 aliphatic heterocycles. The highest BCUT2D eigenvalue weighted by Crippen LogP contribution is 2.22. The number of hydrogen-bond acceptors (Lipinski definition) is 4. The van der Waals surface area contributed by atoms with Gasteiger partial charge in [0.2, 0.25) is 0 Å². The number of carbonyl (C=O) groups is 1. The highest BCUT2D eigenvalue weighted by atomic mass is 32.2. The van der Waals surface area contributed by atoms with Crippen molar-refractivity contribution in [2.75, 3.05) is 24.9 Å². The maximum Gasteiger partial charge on any atom is 0.261 e. The minimum atomic E-state index is -3.79. The molecule has 3 rings (SSSR count). The van der Waals surface area contributed by atoms with Crippen molar-refractivity contribution in [2.45, 2.75) is 24.7 Å². The number of ether oxygens (including phenoxy) is 1. The van der Waals surface area contributed by atoms with E-state index in [0.29, 0.717) is 36.0 Å². The predicted molar refractivity (Wildman–Crippen MR) is 105 cm³/mol. The van der Waals surface area contributed by atoms with E-state index in [4.69, 9.17) is 4.74 Å². The monoisotopic (exact) mass is 388 g/mol. The molecule has 0 aliphatic carbocycles. The van der Waals surface area contributed by atoms with Crippen molar-refractivity contribution in [3.05, 3.63) is 54.1 Å². The second-order valence-corrected chi connectivity index (χ2v) is 8.54. The molecule has 1 amide bonds. The number of anilines is 1. The van der Waals surface area contributed by atoms with Gasteiger partial charge in [-0.3, -0.25) is 9.52 Å². The number of hydrogen-bond donors (Lipinski definition) is 1. The summed E-state index contributed by atoms with van der Waals surface area (Å²) in [6.45, 7) is 3.54. The molecule has 1 fully saturated rings. The standard InChI is InChI=1S/C20H24N2O4S/c1-15-5-4-12-22(14-15)20(23)16-6-3-7-19(13-16)27(24,25)21-17-8-10-18(26-2)11-9-17/h3,6-11,13,15,21H,4-5,12,14H2,1-2H3/t15-/m0/s1. The number of nitrogens with zero attached hydrogens (tertiary/aromatic N) is 1. The van der Waals surface area contributed by atoms with Gasteiger partial charge >= 0.3 is 0 Å². The summed E-state index contributed by atoms with van der Waals surface area (Å²) in [5.74, 6) is 0.982. The SMILES string of the molecule is COc1ccc(NS(=O)(=O)c2cccc(C(=O)N3CCC[C@H](C)C3)c2)cc1. The minimum absolute atomic E-state index is 0.0641. The lowest BCUT2D eigenvalue weighted by Crippen LogP contribution is -2.39. The molecule has 1 N–H and O–H groups in total. The van der Waals surface area contributed by atoms with Gasteiger partial charge in [0.1, 0.15) is 5.75 Å². The van der Waals surface area contributed by atoms with E-state index in [1.807, 2.05) is 0 Å². The molecule has 0 radical (unpaired) electrons. The second-order valence-electron chi connectivity index (χ2n) is 6.86. The lowest BCUT2D eigenvalue weighted by molar-refractivity contribution is 0.0683. The molecule has 0 saturated carbocycles. The van der Waals surface area contributed by atoms with Crippen LogP contribution in [0.25, 0.3) is 0 Å². The first-order valence-corrected chi connectivity index (χ1v) is 10.4. The van der Waals surface area contributed by atoms with Crippen LogP contribution in [0.2, 0.25) is 0 Å². The zero-order chi connectivity index (χ0) is 19.4. The van der Waals surface area contributed by atoms with Gasteiger partial charge in [0.05, 0.1) is 12.0 Å². The summed E-state index contributed by atoms with van der Waals surface area (Å²) in [5.41, 5.74) is 0.819. The molecule has 0 unspecified atom stereocenters. The fraction of sp³-hybridized carbons (Fsp3) is 0.350. The van der Waals surface area contributed by atoms with Crippen LogP contribution in [0.3, 0.4) is 0 Å². The van der Waals surface area contributed by atoms with Gasteiger partial charge in [-0.1, -0.05) is 13.0 Å². The Balaban J connectivity index is 1.79. The third-order valence-electron chi connectivity index (χ3n) is 4.68. The lowest BCUT2D eigenvalue weighted by atomic mass is 9.99. The zero-order valence-electron chi connectivity index (χ0n) is 15.5. The summed E-state index contributed by atoms with van der Waals surface area (Å²) >= 11 is 0. The molecule has 2 aromatic rings. The predicted octanol–water partition coefficient (Wildman–Crippen LogP) is 3.37. The summed E-state index contributed by atoms with van der Waals surface area (Å²) in [4.78, 5) is 14.6. The number of amides is 1. The number of likely N-dealkylation sites (tertiary alicyclic amines) is 1. The Morgan fingerprint density at radius 2 is 1.93 bits per heavy atom. The van der Waals surface area contributed by atoms with Crippen LogP contribution < -0.4 is 9.46 Å². The number of methoxy groups -OCH3 is 1. The van der Waals surface area contributed by atoms with E-state index in [2.05, 4.69) is 11.6 Å². The minimum Gasteiger partial charge on any atom is -0.497 e. The van der Waals surface area contributed by atoms with E-state index in [1.165, 1.54) is 12.1 Å². The second kappa shape index (κ2) is 8.00. The highest BCUT2D eigenvalue weighted by molar-refractivity contribution is 7.92. The van der Waals surface area contributed by atoms with Crippen LogP contribution in [0.5, 0.6) is 5.75 Å². The van der Waals surface area contributed by atoms with Gasteiger partial charge in [0.15, 0.2) is 0 Å². The molecule has 0 aromatic heterocycles. The summed E-state index contributed by atoms with van der Waals surface area (Å²) in [7, 11) is -2.25. The summed E-state index contributed by atoms with van der Waals surface area (Å²) in [6, 6.07) is 12.8. The Labute approximate surface area is 160 Å². The molecule has 6 nitrogen and oxygen atoms in total. The number of nitrogens with one attached hydrogen (secondary N) is 1. The Kier molecular flexibility index (Phi) is 5.70. The number of rotatable bonds is 5. The van der Waals surface area contributed by atoms with Crippen molar-refractivity contribution >= 4 is 21.6 Å². The number of sulfonamides is 1. The maximum atomic E-state index is 12.8. The van der Waals surface area contributed by atoms with Gasteiger partial charge in [-0.05, 0) is 61.2 Å². The zero-order valence-corrected chi connectivity index (χ0v) is 16.3. The number of benzene rings is 2. The highest BCUT2D eigenvalue weighted by Gasteiger charge is 2.23. The molecule has 0 spiro atoms. The average Bonchev–Trinajstić information content (AvgIpc) is 2.68. The summed E-state index contributed by atoms with van der Waals surface area (Å²) in [6.07, 6.45) is 2.09. The largest absolute Gasteiger partial charge is 0.497 e. The Morgan fingerprint density at radius 3 is 2.59 bits per heavy atom. The smallest absolute Gasteiger partial charge is 0.261 e. The summed E-state index contributed by atoms with van der Waals surface area (Å²) < 4.78 is 33.0. The molecule has 1 saturated heterocycles. The van der Waals surface area contributed by atoms with E-state index < -0.39 is 10.0 Å².